The van der Waals surface area contributed by atoms with Crippen LogP contribution in [0.4, 0.5) is 0 Å². The highest BCUT2D eigenvalue weighted by Gasteiger charge is 2.24. The topological polar surface area (TPSA) is 64.7 Å². The number of hydrogen-bond donors (Lipinski definition) is 1. The van der Waals surface area contributed by atoms with E-state index in [-0.39, 0.29) is 5.91 Å². The fraction of sp³-hybridized carbons (Fsp3) is 0.278. The first-order chi connectivity index (χ1) is 11.3. The first kappa shape index (κ1) is 16.0. The first-order valence-corrected chi connectivity index (χ1v) is 7.78. The molecule has 0 aliphatic carbocycles. The molecule has 3 rings (SSSR count). The maximum absolute atomic E-state index is 12.5. The predicted molar refractivity (Wildman–Crippen MR) is 92.0 cm³/mol. The Hall–Kier alpha value is -2.89. The maximum Gasteiger partial charge on any atom is 0.251 e. The van der Waals surface area contributed by atoms with Gasteiger partial charge in [0.15, 0.2) is 0 Å². The number of benzene rings is 1. The molecular weight excluding hydrogens is 302 g/mol. The van der Waals surface area contributed by atoms with Crippen molar-refractivity contribution < 1.29 is 4.79 Å². The van der Waals surface area contributed by atoms with Crippen LogP contribution in [-0.2, 0) is 12.6 Å². The fourth-order valence-corrected chi connectivity index (χ4v) is 2.49. The maximum atomic E-state index is 12.5. The number of carbonyl (C=O) groups is 1. The molecule has 1 amide bonds. The van der Waals surface area contributed by atoms with Gasteiger partial charge < -0.3 is 5.32 Å². The van der Waals surface area contributed by atoms with E-state index in [0.717, 1.165) is 16.8 Å². The molecule has 2 heterocycles. The molecule has 3 aromatic rings. The number of aryl methyl sites for hydroxylation is 2. The Kier molecular flexibility index (Phi) is 3.97. The molecule has 0 saturated carbocycles. The van der Waals surface area contributed by atoms with Gasteiger partial charge in [-0.2, -0.15) is 10.2 Å². The third kappa shape index (κ3) is 3.22. The average Bonchev–Trinajstić information content (AvgIpc) is 3.16. The van der Waals surface area contributed by atoms with Crippen LogP contribution in [0.15, 0.2) is 49.1 Å². The lowest BCUT2D eigenvalue weighted by Gasteiger charge is -2.25. The summed E-state index contributed by atoms with van der Waals surface area (Å²) in [6, 6.07) is 7.39. The molecule has 0 spiro atoms. The number of carbonyl (C=O) groups excluding carboxylic acids is 1. The van der Waals surface area contributed by atoms with Crippen LogP contribution < -0.4 is 5.32 Å². The van der Waals surface area contributed by atoms with Crippen molar-refractivity contribution in [3.8, 4) is 5.69 Å². The Bertz CT molecular complexity index is 858. The van der Waals surface area contributed by atoms with Crippen molar-refractivity contribution in [3.05, 3.63) is 65.7 Å². The minimum atomic E-state index is -0.497. The van der Waals surface area contributed by atoms with Crippen LogP contribution in [-0.4, -0.2) is 25.5 Å². The molecule has 0 bridgehead atoms. The van der Waals surface area contributed by atoms with Crippen LogP contribution in [0, 0.1) is 6.92 Å². The largest absolute Gasteiger partial charge is 0.343 e. The van der Waals surface area contributed by atoms with E-state index in [9.17, 15) is 4.79 Å². The highest BCUT2D eigenvalue weighted by molar-refractivity contribution is 5.94. The zero-order valence-electron chi connectivity index (χ0n) is 14.3. The summed E-state index contributed by atoms with van der Waals surface area (Å²) >= 11 is 0. The summed E-state index contributed by atoms with van der Waals surface area (Å²) in [6.45, 7) is 5.91. The lowest BCUT2D eigenvalue weighted by atomic mass is 9.97. The molecule has 0 aliphatic heterocycles. The second-order valence-electron chi connectivity index (χ2n) is 6.49. The van der Waals surface area contributed by atoms with Gasteiger partial charge in [-0.05, 0) is 50.6 Å². The van der Waals surface area contributed by atoms with E-state index in [1.165, 1.54) is 0 Å². The van der Waals surface area contributed by atoms with Crippen LogP contribution in [0.1, 0.15) is 35.3 Å². The predicted octanol–water partition coefficient (Wildman–Crippen LogP) is 2.58. The van der Waals surface area contributed by atoms with Crippen LogP contribution in [0.3, 0.4) is 0 Å². The SMILES string of the molecule is Cc1cnn(-c2ccc(C(=O)NC(C)(C)c3cnn(C)c3)cc2)c1. The molecule has 1 N–H and O–H groups in total. The number of amides is 1. The normalized spacial score (nSPS) is 11.5. The highest BCUT2D eigenvalue weighted by Crippen LogP contribution is 2.20. The Morgan fingerprint density at radius 1 is 1.08 bits per heavy atom. The second kappa shape index (κ2) is 5.96. The van der Waals surface area contributed by atoms with Gasteiger partial charge in [-0.15, -0.1) is 0 Å². The van der Waals surface area contributed by atoms with Crippen LogP contribution in [0.2, 0.25) is 0 Å². The Morgan fingerprint density at radius 2 is 1.79 bits per heavy atom. The quantitative estimate of drug-likeness (QED) is 0.802. The zero-order chi connectivity index (χ0) is 17.3. The molecule has 0 saturated heterocycles. The van der Waals surface area contributed by atoms with Gasteiger partial charge in [0.05, 0.1) is 23.6 Å². The smallest absolute Gasteiger partial charge is 0.251 e. The fourth-order valence-electron chi connectivity index (χ4n) is 2.49. The van der Waals surface area contributed by atoms with E-state index in [1.807, 2.05) is 52.3 Å². The third-order valence-electron chi connectivity index (χ3n) is 3.96. The number of hydrogen-bond acceptors (Lipinski definition) is 3. The van der Waals surface area contributed by atoms with Crippen molar-refractivity contribution >= 4 is 5.91 Å². The van der Waals surface area contributed by atoms with Crippen molar-refractivity contribution in [2.24, 2.45) is 7.05 Å². The molecule has 2 aromatic heterocycles. The highest BCUT2D eigenvalue weighted by atomic mass is 16.1. The molecule has 0 fully saturated rings. The van der Waals surface area contributed by atoms with Crippen molar-refractivity contribution in [1.29, 1.82) is 0 Å². The van der Waals surface area contributed by atoms with E-state index in [1.54, 1.807) is 33.9 Å². The second-order valence-corrected chi connectivity index (χ2v) is 6.49. The van der Waals surface area contributed by atoms with Crippen molar-refractivity contribution in [3.63, 3.8) is 0 Å². The summed E-state index contributed by atoms with van der Waals surface area (Å²) in [5.74, 6) is -0.118. The number of aromatic nitrogens is 4. The number of nitrogens with zero attached hydrogens (tertiary/aromatic N) is 4. The molecule has 0 aliphatic rings. The molecule has 0 radical (unpaired) electrons. The van der Waals surface area contributed by atoms with E-state index in [0.29, 0.717) is 5.56 Å². The lowest BCUT2D eigenvalue weighted by molar-refractivity contribution is 0.0912. The van der Waals surface area contributed by atoms with E-state index in [2.05, 4.69) is 15.5 Å². The van der Waals surface area contributed by atoms with Gasteiger partial charge in [-0.1, -0.05) is 0 Å². The third-order valence-corrected chi connectivity index (χ3v) is 3.96. The summed E-state index contributed by atoms with van der Waals surface area (Å²) in [4.78, 5) is 12.5. The van der Waals surface area contributed by atoms with E-state index in [4.69, 9.17) is 0 Å². The summed E-state index contributed by atoms with van der Waals surface area (Å²) < 4.78 is 3.51. The molecule has 6 heteroatoms. The monoisotopic (exact) mass is 323 g/mol. The van der Waals surface area contributed by atoms with Gasteiger partial charge in [0.25, 0.3) is 5.91 Å². The Labute approximate surface area is 141 Å². The molecule has 0 unspecified atom stereocenters. The standard InChI is InChI=1S/C18H21N5O/c1-13-9-20-23(11-13)16-7-5-14(6-8-16)17(24)21-18(2,3)15-10-19-22(4)12-15/h5-12H,1-4H3,(H,21,24). The minimum absolute atomic E-state index is 0.118. The van der Waals surface area contributed by atoms with Gasteiger partial charge in [-0.3, -0.25) is 9.48 Å². The van der Waals surface area contributed by atoms with Crippen molar-refractivity contribution in [1.82, 2.24) is 24.9 Å². The molecule has 1 aromatic carbocycles. The van der Waals surface area contributed by atoms with Gasteiger partial charge in [0, 0.05) is 30.6 Å². The summed E-state index contributed by atoms with van der Waals surface area (Å²) in [5, 5.41) is 11.5. The van der Waals surface area contributed by atoms with Gasteiger partial charge in [0.2, 0.25) is 0 Å². The van der Waals surface area contributed by atoms with Gasteiger partial charge in [0.1, 0.15) is 0 Å². The van der Waals surface area contributed by atoms with Gasteiger partial charge >= 0.3 is 0 Å². The Morgan fingerprint density at radius 3 is 2.33 bits per heavy atom. The molecule has 0 atom stereocenters. The zero-order valence-corrected chi connectivity index (χ0v) is 14.3. The first-order valence-electron chi connectivity index (χ1n) is 7.78. The van der Waals surface area contributed by atoms with E-state index < -0.39 is 5.54 Å². The summed E-state index contributed by atoms with van der Waals surface area (Å²) in [6.07, 6.45) is 7.42. The van der Waals surface area contributed by atoms with Gasteiger partial charge in [-0.25, -0.2) is 4.68 Å². The van der Waals surface area contributed by atoms with Crippen LogP contribution >= 0.6 is 0 Å². The van der Waals surface area contributed by atoms with Crippen molar-refractivity contribution in [2.75, 3.05) is 0 Å². The average molecular weight is 323 g/mol. The van der Waals surface area contributed by atoms with E-state index >= 15 is 0 Å². The van der Waals surface area contributed by atoms with Crippen LogP contribution in [0.25, 0.3) is 5.69 Å². The van der Waals surface area contributed by atoms with Crippen molar-refractivity contribution in [2.45, 2.75) is 26.3 Å². The summed E-state index contributed by atoms with van der Waals surface area (Å²) in [7, 11) is 1.86. The summed E-state index contributed by atoms with van der Waals surface area (Å²) in [5.41, 5.74) is 3.09. The number of rotatable bonds is 4. The minimum Gasteiger partial charge on any atom is -0.343 e. The molecule has 6 nitrogen and oxygen atoms in total. The number of nitrogens with one attached hydrogen (secondary N) is 1. The Balaban J connectivity index is 1.75. The van der Waals surface area contributed by atoms with Crippen LogP contribution in [0.5, 0.6) is 0 Å². The lowest BCUT2D eigenvalue weighted by Crippen LogP contribution is -2.40. The molecule has 124 valence electrons. The molecular formula is C18H21N5O. The molecule has 24 heavy (non-hydrogen) atoms.